The molecule has 2 aromatic carbocycles. The van der Waals surface area contributed by atoms with Crippen LogP contribution in [0.2, 0.25) is 0 Å². The summed E-state index contributed by atoms with van der Waals surface area (Å²) in [6, 6.07) is 14.4. The van der Waals surface area contributed by atoms with Gasteiger partial charge in [-0.15, -0.1) is 11.3 Å². The van der Waals surface area contributed by atoms with Gasteiger partial charge in [0, 0.05) is 10.8 Å². The summed E-state index contributed by atoms with van der Waals surface area (Å²) in [6.07, 6.45) is -4.37. The van der Waals surface area contributed by atoms with E-state index in [2.05, 4.69) is 5.32 Å². The van der Waals surface area contributed by atoms with E-state index < -0.39 is 30.1 Å². The third kappa shape index (κ3) is 8.92. The lowest BCUT2D eigenvalue weighted by atomic mass is 9.90. The Morgan fingerprint density at radius 1 is 0.868 bits per heavy atom. The van der Waals surface area contributed by atoms with E-state index >= 15 is 0 Å². The summed E-state index contributed by atoms with van der Waals surface area (Å²) in [5.41, 5.74) is 7.00. The lowest BCUT2D eigenvalue weighted by Crippen LogP contribution is -2.40. The van der Waals surface area contributed by atoms with Crippen LogP contribution < -0.4 is 11.1 Å². The van der Waals surface area contributed by atoms with Crippen molar-refractivity contribution >= 4 is 29.2 Å². The quantitative estimate of drug-likeness (QED) is 0.280. The Morgan fingerprint density at radius 2 is 1.34 bits per heavy atom. The predicted octanol–water partition coefficient (Wildman–Crippen LogP) is 4.76. The van der Waals surface area contributed by atoms with E-state index in [-0.39, 0.29) is 24.0 Å². The number of carboxylic acid groups (broad SMARTS) is 2. The van der Waals surface area contributed by atoms with Gasteiger partial charge in [0.1, 0.15) is 17.7 Å². The zero-order valence-electron chi connectivity index (χ0n) is 19.5. The van der Waals surface area contributed by atoms with Gasteiger partial charge in [0.05, 0.1) is 4.88 Å². The lowest BCUT2D eigenvalue weighted by Gasteiger charge is -2.17. The molecule has 0 bridgehead atoms. The molecule has 0 aliphatic carbocycles. The maximum atomic E-state index is 13.4. The summed E-state index contributed by atoms with van der Waals surface area (Å²) in [5, 5.41) is 19.0. The van der Waals surface area contributed by atoms with Gasteiger partial charge in [-0.1, -0.05) is 24.3 Å². The van der Waals surface area contributed by atoms with Gasteiger partial charge in [-0.3, -0.25) is 4.79 Å². The third-order valence-electron chi connectivity index (χ3n) is 5.08. The minimum atomic E-state index is -5.08. The molecule has 0 aliphatic heterocycles. The number of nitrogens with two attached hydrogens (primary N) is 1. The van der Waals surface area contributed by atoms with E-state index in [0.29, 0.717) is 17.8 Å². The minimum absolute atomic E-state index is 0.240. The van der Waals surface area contributed by atoms with Crippen molar-refractivity contribution in [3.63, 3.8) is 0 Å². The molecule has 38 heavy (non-hydrogen) atoms. The van der Waals surface area contributed by atoms with Crippen molar-refractivity contribution in [2.75, 3.05) is 6.54 Å². The second-order valence-corrected chi connectivity index (χ2v) is 8.95. The van der Waals surface area contributed by atoms with Crippen LogP contribution in [0.25, 0.3) is 0 Å². The molecule has 1 heterocycles. The Bertz CT molecular complexity index is 1180. The van der Waals surface area contributed by atoms with Crippen molar-refractivity contribution in [1.82, 2.24) is 5.32 Å². The number of thiophene rings is 1. The van der Waals surface area contributed by atoms with Crippen LogP contribution in [0.3, 0.4) is 0 Å². The fourth-order valence-corrected chi connectivity index (χ4v) is 4.34. The number of hydrogen-bond donors (Lipinski definition) is 4. The summed E-state index contributed by atoms with van der Waals surface area (Å²) < 4.78 is 58.6. The zero-order chi connectivity index (χ0) is 28.5. The van der Waals surface area contributed by atoms with Gasteiger partial charge in [-0.2, -0.15) is 13.2 Å². The first-order chi connectivity index (χ1) is 17.8. The lowest BCUT2D eigenvalue weighted by molar-refractivity contribution is -0.192. The highest BCUT2D eigenvalue weighted by Gasteiger charge is 2.38. The molecule has 5 N–H and O–H groups in total. The largest absolute Gasteiger partial charge is 0.490 e. The first-order valence-electron chi connectivity index (χ1n) is 11.0. The average molecular weight is 559 g/mol. The zero-order valence-corrected chi connectivity index (χ0v) is 20.4. The van der Waals surface area contributed by atoms with E-state index in [1.807, 2.05) is 0 Å². The number of aliphatic carboxylic acids is 2. The van der Waals surface area contributed by atoms with Gasteiger partial charge >= 0.3 is 18.1 Å². The molecule has 1 aromatic heterocycles. The molecule has 0 saturated carbocycles. The molecule has 0 fully saturated rings. The number of carbonyl (C=O) groups excluding carboxylic acids is 1. The first kappa shape index (κ1) is 30.4. The Balaban J connectivity index is 0.000000638. The molecular weight excluding hydrogens is 535 g/mol. The van der Waals surface area contributed by atoms with Gasteiger partial charge in [0.25, 0.3) is 5.91 Å². The molecule has 7 nitrogen and oxygen atoms in total. The highest BCUT2D eigenvalue weighted by molar-refractivity contribution is 7.14. The number of halogens is 5. The van der Waals surface area contributed by atoms with E-state index in [1.165, 1.54) is 35.6 Å². The van der Waals surface area contributed by atoms with E-state index in [0.717, 1.165) is 16.0 Å². The molecule has 1 atom stereocenters. The molecule has 3 rings (SSSR count). The Morgan fingerprint density at radius 3 is 1.74 bits per heavy atom. The highest BCUT2D eigenvalue weighted by Crippen LogP contribution is 2.36. The Hall–Kier alpha value is -3.84. The number of carbonyl (C=O) groups is 3. The normalized spacial score (nSPS) is 11.9. The van der Waals surface area contributed by atoms with Crippen LogP contribution in [0.4, 0.5) is 22.0 Å². The van der Waals surface area contributed by atoms with Crippen molar-refractivity contribution in [3.05, 3.63) is 93.2 Å². The third-order valence-corrected chi connectivity index (χ3v) is 6.23. The maximum Gasteiger partial charge on any atom is 0.490 e. The molecular formula is C25H23F5N2O5S. The van der Waals surface area contributed by atoms with Crippen LogP contribution in [0.1, 0.15) is 44.4 Å². The molecule has 0 unspecified atom stereocenters. The number of rotatable bonds is 9. The van der Waals surface area contributed by atoms with Gasteiger partial charge in [-0.05, 0) is 66.9 Å². The van der Waals surface area contributed by atoms with E-state index in [4.69, 9.17) is 15.6 Å². The smallest absolute Gasteiger partial charge is 0.480 e. The number of hydrogen-bond acceptors (Lipinski definition) is 5. The average Bonchev–Trinajstić information content (AvgIpc) is 3.33. The molecule has 13 heteroatoms. The SMILES string of the molecule is NCCC[C@H](NC(=O)c1ccc(C(c2ccc(F)cc2)c2ccc(F)cc2)s1)C(=O)O.O=C(O)C(F)(F)F. The Kier molecular flexibility index (Phi) is 10.9. The molecule has 3 aromatic rings. The molecule has 0 spiro atoms. The van der Waals surface area contributed by atoms with Gasteiger partial charge in [0.15, 0.2) is 0 Å². The van der Waals surface area contributed by atoms with Crippen molar-refractivity contribution < 1.29 is 46.5 Å². The number of nitrogens with one attached hydrogen (secondary N) is 1. The fourth-order valence-electron chi connectivity index (χ4n) is 3.27. The molecule has 1 amide bonds. The van der Waals surface area contributed by atoms with Crippen LogP contribution in [-0.2, 0) is 9.59 Å². The summed E-state index contributed by atoms with van der Waals surface area (Å²) in [4.78, 5) is 34.1. The second kappa shape index (κ2) is 13.6. The summed E-state index contributed by atoms with van der Waals surface area (Å²) in [5.74, 6) is -5.44. The van der Waals surface area contributed by atoms with Gasteiger partial charge < -0.3 is 21.3 Å². The molecule has 0 saturated heterocycles. The number of alkyl halides is 3. The fraction of sp³-hybridized carbons (Fsp3) is 0.240. The maximum absolute atomic E-state index is 13.4. The highest BCUT2D eigenvalue weighted by atomic mass is 32.1. The number of carboxylic acids is 2. The number of benzene rings is 2. The molecule has 0 aliphatic rings. The standard InChI is InChI=1S/C23H22F2N2O3S.C2HF3O2/c24-16-7-3-14(4-8-16)21(15-5-9-17(25)10-6-15)19-11-12-20(31-19)22(28)27-18(23(29)30)2-1-13-26;3-2(4,5)1(6)7/h3-12,18,21H,1-2,13,26H2,(H,27,28)(H,29,30);(H,6,7)/t18-;/m0./s1. The topological polar surface area (TPSA) is 130 Å². The van der Waals surface area contributed by atoms with Crippen LogP contribution >= 0.6 is 11.3 Å². The van der Waals surface area contributed by atoms with Crippen molar-refractivity contribution in [2.24, 2.45) is 5.73 Å². The van der Waals surface area contributed by atoms with Crippen molar-refractivity contribution in [3.8, 4) is 0 Å². The van der Waals surface area contributed by atoms with Crippen LogP contribution in [0.5, 0.6) is 0 Å². The van der Waals surface area contributed by atoms with E-state index in [1.54, 1.807) is 36.4 Å². The van der Waals surface area contributed by atoms with Crippen LogP contribution in [-0.4, -0.2) is 46.8 Å². The first-order valence-corrected chi connectivity index (χ1v) is 11.8. The summed E-state index contributed by atoms with van der Waals surface area (Å²) in [6.45, 7) is 0.333. The second-order valence-electron chi connectivity index (χ2n) is 7.84. The monoisotopic (exact) mass is 558 g/mol. The van der Waals surface area contributed by atoms with E-state index in [9.17, 15) is 36.6 Å². The van der Waals surface area contributed by atoms with Crippen molar-refractivity contribution in [1.29, 1.82) is 0 Å². The minimum Gasteiger partial charge on any atom is -0.480 e. The van der Waals surface area contributed by atoms with Crippen LogP contribution in [0, 0.1) is 11.6 Å². The Labute approximate surface area is 217 Å². The summed E-state index contributed by atoms with van der Waals surface area (Å²) >= 11 is 1.21. The summed E-state index contributed by atoms with van der Waals surface area (Å²) in [7, 11) is 0. The van der Waals surface area contributed by atoms with Gasteiger partial charge in [0.2, 0.25) is 0 Å². The predicted molar refractivity (Wildman–Crippen MR) is 129 cm³/mol. The number of amides is 1. The molecule has 204 valence electrons. The van der Waals surface area contributed by atoms with Crippen molar-refractivity contribution in [2.45, 2.75) is 31.0 Å². The van der Waals surface area contributed by atoms with Gasteiger partial charge in [-0.25, -0.2) is 18.4 Å². The van der Waals surface area contributed by atoms with Crippen LogP contribution in [0.15, 0.2) is 60.7 Å². The molecule has 0 radical (unpaired) electrons.